The van der Waals surface area contributed by atoms with Crippen LogP contribution in [0.1, 0.15) is 35.7 Å². The van der Waals surface area contributed by atoms with Gasteiger partial charge < -0.3 is 15.2 Å². The summed E-state index contributed by atoms with van der Waals surface area (Å²) in [6.45, 7) is 3.69. The quantitative estimate of drug-likeness (QED) is 0.727. The molecule has 0 radical (unpaired) electrons. The fraction of sp³-hybridized carbons (Fsp3) is 0.400. The van der Waals surface area contributed by atoms with Gasteiger partial charge >= 0.3 is 6.03 Å². The number of rotatable bonds is 3. The molecule has 0 bridgehead atoms. The van der Waals surface area contributed by atoms with Gasteiger partial charge in [-0.25, -0.2) is 9.78 Å². The summed E-state index contributed by atoms with van der Waals surface area (Å²) in [5, 5.41) is 8.62. The molecule has 28 heavy (non-hydrogen) atoms. The van der Waals surface area contributed by atoms with E-state index in [4.69, 9.17) is 0 Å². The van der Waals surface area contributed by atoms with Crippen molar-refractivity contribution in [1.82, 2.24) is 30.0 Å². The maximum absolute atomic E-state index is 12.7. The molecule has 1 atom stereocenters. The molecule has 0 unspecified atom stereocenters. The molecule has 0 saturated carbocycles. The van der Waals surface area contributed by atoms with Crippen LogP contribution in [0, 0.1) is 6.92 Å². The topological polar surface area (TPSA) is 95.9 Å². The number of benzene rings is 1. The summed E-state index contributed by atoms with van der Waals surface area (Å²) < 4.78 is 1.84. The van der Waals surface area contributed by atoms with Crippen LogP contribution in [-0.4, -0.2) is 43.8 Å². The van der Waals surface area contributed by atoms with E-state index in [1.807, 2.05) is 24.7 Å². The Hall–Kier alpha value is -3.16. The molecule has 2 amide bonds. The minimum atomic E-state index is -0.163. The largest absolute Gasteiger partial charge is 0.332 e. The molecule has 2 N–H and O–H groups in total. The Bertz CT molecular complexity index is 1070. The second kappa shape index (κ2) is 7.46. The van der Waals surface area contributed by atoms with Gasteiger partial charge in [-0.15, -0.1) is 0 Å². The van der Waals surface area contributed by atoms with Gasteiger partial charge in [0.05, 0.1) is 29.8 Å². The molecule has 1 aliphatic rings. The summed E-state index contributed by atoms with van der Waals surface area (Å²) >= 11 is 0. The predicted octanol–water partition coefficient (Wildman–Crippen LogP) is 2.05. The first-order valence-corrected chi connectivity index (χ1v) is 9.51. The normalized spacial score (nSPS) is 17.1. The number of carbonyl (C=O) groups is 1. The number of aromatic amines is 1. The number of aryl methyl sites for hydroxylation is 2. The Kier molecular flexibility index (Phi) is 4.85. The smallest absolute Gasteiger partial charge is 0.317 e. The Morgan fingerprint density at radius 3 is 3.04 bits per heavy atom. The number of aromatic nitrogens is 4. The van der Waals surface area contributed by atoms with Crippen molar-refractivity contribution in [3.8, 4) is 0 Å². The van der Waals surface area contributed by atoms with Gasteiger partial charge in [0.15, 0.2) is 0 Å². The second-order valence-corrected chi connectivity index (χ2v) is 7.37. The molecule has 8 heteroatoms. The van der Waals surface area contributed by atoms with Gasteiger partial charge in [-0.2, -0.15) is 5.10 Å². The number of nitrogens with zero attached hydrogens (tertiary/aromatic N) is 4. The van der Waals surface area contributed by atoms with E-state index in [9.17, 15) is 9.59 Å². The van der Waals surface area contributed by atoms with Crippen molar-refractivity contribution in [2.24, 2.45) is 7.05 Å². The highest BCUT2D eigenvalue weighted by Crippen LogP contribution is 2.25. The Labute approximate surface area is 162 Å². The number of likely N-dealkylation sites (tertiary alicyclic amines) is 1. The number of fused-ring (bicyclic) bond motifs is 1. The summed E-state index contributed by atoms with van der Waals surface area (Å²) in [5.41, 5.74) is 3.65. The van der Waals surface area contributed by atoms with Gasteiger partial charge in [0, 0.05) is 37.5 Å². The van der Waals surface area contributed by atoms with Gasteiger partial charge in [-0.05, 0) is 31.9 Å². The molecule has 1 saturated heterocycles. The Morgan fingerprint density at radius 1 is 1.36 bits per heavy atom. The molecule has 1 fully saturated rings. The molecule has 1 aromatic carbocycles. The van der Waals surface area contributed by atoms with Crippen molar-refractivity contribution < 1.29 is 4.79 Å². The SMILES string of the molecule is Cc1ccc2c(c1)c(CNC(=O)N1CCC[C@H](c3cc(=O)[nH]cn3)C1)nn2C. The van der Waals surface area contributed by atoms with E-state index in [1.165, 1.54) is 12.4 Å². The van der Waals surface area contributed by atoms with E-state index in [0.717, 1.165) is 40.7 Å². The van der Waals surface area contributed by atoms with Gasteiger partial charge in [-0.3, -0.25) is 9.48 Å². The summed E-state index contributed by atoms with van der Waals surface area (Å²) in [6, 6.07) is 7.62. The van der Waals surface area contributed by atoms with Crippen molar-refractivity contribution in [2.75, 3.05) is 13.1 Å². The minimum Gasteiger partial charge on any atom is -0.332 e. The zero-order chi connectivity index (χ0) is 19.7. The van der Waals surface area contributed by atoms with Crippen LogP contribution in [0.4, 0.5) is 4.79 Å². The van der Waals surface area contributed by atoms with Crippen LogP contribution < -0.4 is 10.9 Å². The number of H-pyrrole nitrogens is 1. The summed E-state index contributed by atoms with van der Waals surface area (Å²) in [7, 11) is 1.91. The molecule has 0 spiro atoms. The molecule has 4 rings (SSSR count). The van der Waals surface area contributed by atoms with E-state index >= 15 is 0 Å². The first-order chi connectivity index (χ1) is 13.5. The number of urea groups is 1. The first-order valence-electron chi connectivity index (χ1n) is 9.51. The van der Waals surface area contributed by atoms with Gasteiger partial charge in [-0.1, -0.05) is 11.6 Å². The third-order valence-electron chi connectivity index (χ3n) is 5.32. The number of carbonyl (C=O) groups excluding carboxylic acids is 1. The zero-order valence-electron chi connectivity index (χ0n) is 16.1. The lowest BCUT2D eigenvalue weighted by molar-refractivity contribution is 0.178. The van der Waals surface area contributed by atoms with Crippen LogP contribution in [0.25, 0.3) is 10.9 Å². The highest BCUT2D eigenvalue weighted by atomic mass is 16.2. The number of hydrogen-bond donors (Lipinski definition) is 2. The molecule has 146 valence electrons. The lowest BCUT2D eigenvalue weighted by Gasteiger charge is -2.32. The standard InChI is InChI=1S/C20H24N6O2/c1-13-5-6-18-15(8-13)17(24-25(18)2)10-21-20(28)26-7-3-4-14(11-26)16-9-19(27)23-12-22-16/h5-6,8-9,12,14H,3-4,7,10-11H2,1-2H3,(H,21,28)(H,22,23,27)/t14-/m0/s1. The van der Waals surface area contributed by atoms with Crippen molar-refractivity contribution in [2.45, 2.75) is 32.2 Å². The summed E-state index contributed by atoms with van der Waals surface area (Å²) in [4.78, 5) is 32.9. The summed E-state index contributed by atoms with van der Waals surface area (Å²) in [6.07, 6.45) is 3.23. The van der Waals surface area contributed by atoms with Crippen LogP contribution in [0.2, 0.25) is 0 Å². The molecule has 8 nitrogen and oxygen atoms in total. The lowest BCUT2D eigenvalue weighted by Crippen LogP contribution is -2.45. The van der Waals surface area contributed by atoms with Crippen LogP contribution in [-0.2, 0) is 13.6 Å². The lowest BCUT2D eigenvalue weighted by atomic mass is 9.95. The Morgan fingerprint density at radius 2 is 2.21 bits per heavy atom. The van der Waals surface area contributed by atoms with Crippen LogP contribution in [0.5, 0.6) is 0 Å². The summed E-state index contributed by atoms with van der Waals surface area (Å²) in [5.74, 6) is 0.0835. The molecule has 2 aromatic heterocycles. The maximum atomic E-state index is 12.7. The Balaban J connectivity index is 1.44. The number of nitrogens with one attached hydrogen (secondary N) is 2. The van der Waals surface area contributed by atoms with Gasteiger partial charge in [0.1, 0.15) is 0 Å². The van der Waals surface area contributed by atoms with Crippen molar-refractivity contribution in [3.05, 3.63) is 57.9 Å². The monoisotopic (exact) mass is 380 g/mol. The zero-order valence-corrected chi connectivity index (χ0v) is 16.1. The highest BCUT2D eigenvalue weighted by Gasteiger charge is 2.26. The molecule has 0 aliphatic carbocycles. The van der Waals surface area contributed by atoms with Crippen molar-refractivity contribution in [1.29, 1.82) is 0 Å². The molecular formula is C20H24N6O2. The van der Waals surface area contributed by atoms with E-state index < -0.39 is 0 Å². The molecule has 1 aliphatic heterocycles. The van der Waals surface area contributed by atoms with E-state index in [2.05, 4.69) is 32.5 Å². The number of amides is 2. The van der Waals surface area contributed by atoms with Gasteiger partial charge in [0.25, 0.3) is 5.56 Å². The van der Waals surface area contributed by atoms with Gasteiger partial charge in [0.2, 0.25) is 0 Å². The van der Waals surface area contributed by atoms with Crippen molar-refractivity contribution in [3.63, 3.8) is 0 Å². The van der Waals surface area contributed by atoms with Crippen LogP contribution in [0.15, 0.2) is 35.4 Å². The fourth-order valence-electron chi connectivity index (χ4n) is 3.86. The highest BCUT2D eigenvalue weighted by molar-refractivity contribution is 5.83. The molecular weight excluding hydrogens is 356 g/mol. The average molecular weight is 380 g/mol. The van der Waals surface area contributed by atoms with E-state index in [-0.39, 0.29) is 17.5 Å². The molecule has 3 aromatic rings. The van der Waals surface area contributed by atoms with Crippen LogP contribution in [0.3, 0.4) is 0 Å². The van der Waals surface area contributed by atoms with Crippen molar-refractivity contribution >= 4 is 16.9 Å². The first kappa shape index (κ1) is 18.2. The van der Waals surface area contributed by atoms with Crippen LogP contribution >= 0.6 is 0 Å². The maximum Gasteiger partial charge on any atom is 0.317 e. The predicted molar refractivity (Wildman–Crippen MR) is 106 cm³/mol. The van der Waals surface area contributed by atoms with E-state index in [0.29, 0.717) is 19.6 Å². The van der Waals surface area contributed by atoms with E-state index in [1.54, 1.807) is 4.90 Å². The third kappa shape index (κ3) is 3.62. The number of piperidine rings is 1. The number of hydrogen-bond acceptors (Lipinski definition) is 4. The average Bonchev–Trinajstić information content (AvgIpc) is 3.01. The fourth-order valence-corrected chi connectivity index (χ4v) is 3.86. The minimum absolute atomic E-state index is 0.0835. The third-order valence-corrected chi connectivity index (χ3v) is 5.32. The molecule has 3 heterocycles. The second-order valence-electron chi connectivity index (χ2n) is 7.37.